The molecule has 0 aromatic heterocycles. The Morgan fingerprint density at radius 3 is 2.33 bits per heavy atom. The number of hydrogen-bond donors (Lipinski definition) is 2. The highest BCUT2D eigenvalue weighted by Gasteiger charge is 2.30. The molecule has 1 amide bonds. The molecule has 0 radical (unpaired) electrons. The third kappa shape index (κ3) is 3.95. The molecular formula is C14H14BrClFNO3. The second kappa shape index (κ2) is 6.75. The van der Waals surface area contributed by atoms with Crippen molar-refractivity contribution in [3.05, 3.63) is 27.4 Å². The molecule has 1 fully saturated rings. The van der Waals surface area contributed by atoms with Crippen molar-refractivity contribution < 1.29 is 19.1 Å². The van der Waals surface area contributed by atoms with E-state index in [1.165, 1.54) is 6.07 Å². The molecule has 0 atom stereocenters. The van der Waals surface area contributed by atoms with E-state index < -0.39 is 11.8 Å². The lowest BCUT2D eigenvalue weighted by Crippen LogP contribution is -2.29. The number of halogens is 3. The second-order valence-corrected chi connectivity index (χ2v) is 6.38. The van der Waals surface area contributed by atoms with Gasteiger partial charge in [-0.2, -0.15) is 0 Å². The first kappa shape index (κ1) is 16.2. The summed E-state index contributed by atoms with van der Waals surface area (Å²) < 4.78 is 13.5. The fourth-order valence-corrected chi connectivity index (χ4v) is 3.39. The van der Waals surface area contributed by atoms with E-state index in [1.54, 1.807) is 0 Å². The molecule has 2 rings (SSSR count). The van der Waals surface area contributed by atoms with E-state index in [0.29, 0.717) is 35.8 Å². The topological polar surface area (TPSA) is 66.4 Å². The summed E-state index contributed by atoms with van der Waals surface area (Å²) in [6, 6.07) is 2.35. The van der Waals surface area contributed by atoms with Gasteiger partial charge in [0.15, 0.2) is 0 Å². The van der Waals surface area contributed by atoms with Crippen LogP contribution in [0.15, 0.2) is 16.6 Å². The van der Waals surface area contributed by atoms with Gasteiger partial charge in [0.1, 0.15) is 5.82 Å². The summed E-state index contributed by atoms with van der Waals surface area (Å²) in [5, 5.41) is 11.7. The molecule has 1 saturated carbocycles. The van der Waals surface area contributed by atoms with E-state index >= 15 is 0 Å². The van der Waals surface area contributed by atoms with Gasteiger partial charge >= 0.3 is 5.97 Å². The summed E-state index contributed by atoms with van der Waals surface area (Å²) in [5.41, 5.74) is 0.337. The van der Waals surface area contributed by atoms with Crippen LogP contribution in [0.3, 0.4) is 0 Å². The van der Waals surface area contributed by atoms with Crippen molar-refractivity contribution in [1.29, 1.82) is 0 Å². The van der Waals surface area contributed by atoms with E-state index in [1.807, 2.05) is 0 Å². The van der Waals surface area contributed by atoms with Crippen LogP contribution >= 0.6 is 27.5 Å². The number of carboxylic acid groups (broad SMARTS) is 1. The van der Waals surface area contributed by atoms with Gasteiger partial charge in [-0.1, -0.05) is 11.6 Å². The first-order chi connectivity index (χ1) is 9.88. The average Bonchev–Trinajstić information content (AvgIpc) is 2.42. The van der Waals surface area contributed by atoms with E-state index in [2.05, 4.69) is 21.2 Å². The number of anilines is 1. The van der Waals surface area contributed by atoms with Gasteiger partial charge in [-0.15, -0.1) is 0 Å². The Morgan fingerprint density at radius 1 is 1.24 bits per heavy atom. The lowest BCUT2D eigenvalue weighted by Gasteiger charge is -2.25. The lowest BCUT2D eigenvalue weighted by molar-refractivity contribution is -0.143. The number of aliphatic carboxylic acids is 1. The van der Waals surface area contributed by atoms with E-state index in [-0.39, 0.29) is 22.8 Å². The van der Waals surface area contributed by atoms with Gasteiger partial charge in [0, 0.05) is 10.4 Å². The fraction of sp³-hybridized carbons (Fsp3) is 0.429. The summed E-state index contributed by atoms with van der Waals surface area (Å²) in [4.78, 5) is 23.1. The predicted octanol–water partition coefficient (Wildman–Crippen LogP) is 4.07. The fourth-order valence-electron chi connectivity index (χ4n) is 2.49. The van der Waals surface area contributed by atoms with E-state index in [4.69, 9.17) is 16.7 Å². The maximum atomic E-state index is 13.1. The van der Waals surface area contributed by atoms with Gasteiger partial charge < -0.3 is 10.4 Å². The van der Waals surface area contributed by atoms with Crippen molar-refractivity contribution in [3.63, 3.8) is 0 Å². The molecule has 0 bridgehead atoms. The summed E-state index contributed by atoms with van der Waals surface area (Å²) in [7, 11) is 0. The normalized spacial score (nSPS) is 21.9. The molecule has 1 aliphatic rings. The van der Waals surface area contributed by atoms with Gasteiger partial charge in [0.05, 0.1) is 16.6 Å². The van der Waals surface area contributed by atoms with Gasteiger partial charge in [-0.3, -0.25) is 9.59 Å². The van der Waals surface area contributed by atoms with Gasteiger partial charge in [0.25, 0.3) is 0 Å². The monoisotopic (exact) mass is 377 g/mol. The number of amides is 1. The van der Waals surface area contributed by atoms with Crippen LogP contribution in [0.5, 0.6) is 0 Å². The van der Waals surface area contributed by atoms with Crippen LogP contribution in [0.2, 0.25) is 5.02 Å². The maximum Gasteiger partial charge on any atom is 0.306 e. The van der Waals surface area contributed by atoms with E-state index in [0.717, 1.165) is 6.07 Å². The van der Waals surface area contributed by atoms with Crippen LogP contribution < -0.4 is 5.32 Å². The molecule has 21 heavy (non-hydrogen) atoms. The van der Waals surface area contributed by atoms with Crippen molar-refractivity contribution in [2.24, 2.45) is 11.8 Å². The Labute approximate surface area is 134 Å². The smallest absolute Gasteiger partial charge is 0.306 e. The number of benzene rings is 1. The SMILES string of the molecule is O=C(O)C1CCC(C(=O)Nc2c(Cl)cc(F)cc2Br)CC1. The first-order valence-corrected chi connectivity index (χ1v) is 7.73. The molecular weight excluding hydrogens is 365 g/mol. The lowest BCUT2D eigenvalue weighted by atomic mass is 9.81. The van der Waals surface area contributed by atoms with Crippen molar-refractivity contribution in [2.75, 3.05) is 5.32 Å². The van der Waals surface area contributed by atoms with Crippen molar-refractivity contribution in [3.8, 4) is 0 Å². The number of hydrogen-bond acceptors (Lipinski definition) is 2. The summed E-state index contributed by atoms with van der Waals surface area (Å²) >= 11 is 9.08. The number of rotatable bonds is 3. The standard InChI is InChI=1S/C14H14BrClFNO3/c15-10-5-9(17)6-11(16)12(10)18-13(19)7-1-3-8(4-2-7)14(20)21/h5-8H,1-4H2,(H,18,19)(H,20,21). The predicted molar refractivity (Wildman–Crippen MR) is 80.8 cm³/mol. The molecule has 0 saturated heterocycles. The highest BCUT2D eigenvalue weighted by Crippen LogP contribution is 2.34. The van der Waals surface area contributed by atoms with Crippen LogP contribution in [-0.2, 0) is 9.59 Å². The molecule has 4 nitrogen and oxygen atoms in total. The summed E-state index contributed by atoms with van der Waals surface area (Å²) in [5.74, 6) is -2.12. The minimum atomic E-state index is -0.807. The molecule has 1 aromatic carbocycles. The summed E-state index contributed by atoms with van der Waals surface area (Å²) in [6.07, 6.45) is 2.04. The van der Waals surface area contributed by atoms with Crippen molar-refractivity contribution in [2.45, 2.75) is 25.7 Å². The minimum Gasteiger partial charge on any atom is -0.481 e. The number of nitrogens with one attached hydrogen (secondary N) is 1. The molecule has 0 unspecified atom stereocenters. The zero-order chi connectivity index (χ0) is 15.6. The number of carboxylic acids is 1. The maximum absolute atomic E-state index is 13.1. The van der Waals surface area contributed by atoms with Gasteiger partial charge in [-0.05, 0) is 53.7 Å². The van der Waals surface area contributed by atoms with Gasteiger partial charge in [-0.25, -0.2) is 4.39 Å². The molecule has 1 aliphatic carbocycles. The second-order valence-electron chi connectivity index (χ2n) is 5.12. The molecule has 114 valence electrons. The van der Waals surface area contributed by atoms with Crippen LogP contribution in [0, 0.1) is 17.7 Å². The largest absolute Gasteiger partial charge is 0.481 e. The third-order valence-corrected chi connectivity index (χ3v) is 4.63. The van der Waals surface area contributed by atoms with Crippen molar-refractivity contribution >= 4 is 45.1 Å². The third-order valence-electron chi connectivity index (χ3n) is 3.70. The molecule has 2 N–H and O–H groups in total. The van der Waals surface area contributed by atoms with Gasteiger partial charge in [0.2, 0.25) is 5.91 Å². The quantitative estimate of drug-likeness (QED) is 0.833. The zero-order valence-electron chi connectivity index (χ0n) is 11.0. The molecule has 0 aliphatic heterocycles. The minimum absolute atomic E-state index is 0.120. The Hall–Kier alpha value is -1.14. The summed E-state index contributed by atoms with van der Waals surface area (Å²) in [6.45, 7) is 0. The number of carbonyl (C=O) groups excluding carboxylic acids is 1. The number of carbonyl (C=O) groups is 2. The Morgan fingerprint density at radius 2 is 1.81 bits per heavy atom. The average molecular weight is 379 g/mol. The highest BCUT2D eigenvalue weighted by molar-refractivity contribution is 9.10. The van der Waals surface area contributed by atoms with Crippen LogP contribution in [0.25, 0.3) is 0 Å². The van der Waals surface area contributed by atoms with Crippen molar-refractivity contribution in [1.82, 2.24) is 0 Å². The highest BCUT2D eigenvalue weighted by atomic mass is 79.9. The Balaban J connectivity index is 2.01. The Kier molecular flexibility index (Phi) is 5.22. The Bertz CT molecular complexity index is 550. The van der Waals surface area contributed by atoms with E-state index in [9.17, 15) is 14.0 Å². The molecule has 0 heterocycles. The molecule has 1 aromatic rings. The zero-order valence-corrected chi connectivity index (χ0v) is 13.4. The first-order valence-electron chi connectivity index (χ1n) is 6.56. The molecule has 0 spiro atoms. The van der Waals surface area contributed by atoms with Crippen LogP contribution in [0.4, 0.5) is 10.1 Å². The molecule has 7 heteroatoms. The van der Waals surface area contributed by atoms with Crippen LogP contribution in [0.1, 0.15) is 25.7 Å². The van der Waals surface area contributed by atoms with Crippen LogP contribution in [-0.4, -0.2) is 17.0 Å².